The number of hydrogen-bond acceptors (Lipinski definition) is 7. The largest absolute Gasteiger partial charge is 0.496 e. The molecule has 31 heavy (non-hydrogen) atoms. The summed E-state index contributed by atoms with van der Waals surface area (Å²) < 4.78 is 21.9. The molecule has 0 aliphatic carbocycles. The molecule has 1 aromatic rings. The van der Waals surface area contributed by atoms with Gasteiger partial charge in [0.15, 0.2) is 18.3 Å². The van der Waals surface area contributed by atoms with Gasteiger partial charge >= 0.3 is 0 Å². The summed E-state index contributed by atoms with van der Waals surface area (Å²) in [5.41, 5.74) is 1.18. The molecule has 4 atom stereocenters. The number of aliphatic imine (C=N–C) groups is 1. The van der Waals surface area contributed by atoms with Crippen LogP contribution >= 0.6 is 9.47 Å². The summed E-state index contributed by atoms with van der Waals surface area (Å²) in [7, 11) is 6.85. The SMILES string of the molecule is COc1cc(C)c(C(C)(OP)C(C)NC(=NC(C)C(C)(OC)OC)NC#N)cc1C=O. The summed E-state index contributed by atoms with van der Waals surface area (Å²) in [6, 6.07) is 2.72. The van der Waals surface area contributed by atoms with Crippen LogP contribution in [-0.4, -0.2) is 51.4 Å². The van der Waals surface area contributed by atoms with Gasteiger partial charge in [0.2, 0.25) is 5.96 Å². The average Bonchev–Trinajstić information content (AvgIpc) is 2.77. The highest BCUT2D eigenvalue weighted by molar-refractivity contribution is 7.09. The molecule has 2 N–H and O–H groups in total. The Hall–Kier alpha value is -2.24. The number of nitriles is 1. The number of guanidine groups is 1. The molecule has 0 saturated heterocycles. The third-order valence-corrected chi connectivity index (χ3v) is 6.22. The number of hydrogen-bond donors (Lipinski definition) is 2. The molecule has 1 aromatic carbocycles. The normalized spacial score (nSPS) is 15.9. The zero-order chi connectivity index (χ0) is 23.8. The molecule has 10 heteroatoms. The van der Waals surface area contributed by atoms with Crippen LogP contribution in [0.4, 0.5) is 0 Å². The minimum absolute atomic E-state index is 0.234. The molecule has 0 spiro atoms. The first kappa shape index (κ1) is 26.8. The highest BCUT2D eigenvalue weighted by Gasteiger charge is 2.37. The summed E-state index contributed by atoms with van der Waals surface area (Å²) in [5.74, 6) is -0.249. The van der Waals surface area contributed by atoms with Crippen LogP contribution in [0.15, 0.2) is 17.1 Å². The molecular weight excluding hydrogens is 419 g/mol. The molecule has 0 aliphatic rings. The van der Waals surface area contributed by atoms with Crippen LogP contribution in [0.5, 0.6) is 5.75 Å². The third-order valence-electron chi connectivity index (χ3n) is 5.73. The third kappa shape index (κ3) is 5.92. The molecule has 0 heterocycles. The standard InChI is InChI=1S/C21H33N4O5P/c1-13-9-18(27-6)16(11-26)10-17(13)20(4,30-31)14(2)24-19(23-12-22)25-15(3)21(5,28-7)29-8/h9-11,14-15H,31H2,1-8H3,(H2,23,24,25). The zero-order valence-corrected chi connectivity index (χ0v) is 20.6. The summed E-state index contributed by atoms with van der Waals surface area (Å²) >= 11 is 0. The fraction of sp³-hybridized carbons (Fsp3) is 0.571. The Morgan fingerprint density at radius 1 is 1.26 bits per heavy atom. The molecule has 0 amide bonds. The number of nitrogens with zero attached hydrogens (tertiary/aromatic N) is 2. The summed E-state index contributed by atoms with van der Waals surface area (Å²) in [6.07, 6.45) is 2.63. The molecule has 9 nitrogen and oxygen atoms in total. The molecule has 0 bridgehead atoms. The van der Waals surface area contributed by atoms with Gasteiger partial charge in [0, 0.05) is 23.7 Å². The lowest BCUT2D eigenvalue weighted by atomic mass is 9.85. The van der Waals surface area contributed by atoms with E-state index in [1.807, 2.05) is 33.9 Å². The second kappa shape index (κ2) is 11.4. The maximum atomic E-state index is 11.5. The van der Waals surface area contributed by atoms with Gasteiger partial charge in [0.05, 0.1) is 18.7 Å². The first-order valence-electron chi connectivity index (χ1n) is 9.68. The van der Waals surface area contributed by atoms with Crippen molar-refractivity contribution in [2.45, 2.75) is 58.1 Å². The van der Waals surface area contributed by atoms with Crippen LogP contribution < -0.4 is 15.4 Å². The number of ether oxygens (including phenoxy) is 3. The lowest BCUT2D eigenvalue weighted by Gasteiger charge is -2.37. The highest BCUT2D eigenvalue weighted by atomic mass is 31.0. The highest BCUT2D eigenvalue weighted by Crippen LogP contribution is 2.36. The van der Waals surface area contributed by atoms with Gasteiger partial charge in [0.25, 0.3) is 0 Å². The second-order valence-electron chi connectivity index (χ2n) is 7.43. The topological polar surface area (TPSA) is 114 Å². The molecule has 0 aromatic heterocycles. The smallest absolute Gasteiger partial charge is 0.205 e. The van der Waals surface area contributed by atoms with E-state index in [-0.39, 0.29) is 12.0 Å². The Morgan fingerprint density at radius 2 is 1.87 bits per heavy atom. The molecule has 4 unspecified atom stereocenters. The molecule has 1 rings (SSSR count). The quantitative estimate of drug-likeness (QED) is 0.106. The summed E-state index contributed by atoms with van der Waals surface area (Å²) in [6.45, 7) is 9.25. The minimum atomic E-state index is -0.973. The number of rotatable bonds is 10. The van der Waals surface area contributed by atoms with Gasteiger partial charge in [-0.15, -0.1) is 0 Å². The Balaban J connectivity index is 3.36. The van der Waals surface area contributed by atoms with Gasteiger partial charge in [0.1, 0.15) is 17.4 Å². The zero-order valence-electron chi connectivity index (χ0n) is 19.4. The van der Waals surface area contributed by atoms with Crippen LogP contribution in [0.3, 0.4) is 0 Å². The van der Waals surface area contributed by atoms with Gasteiger partial charge in [-0.2, -0.15) is 5.26 Å². The first-order chi connectivity index (χ1) is 14.6. The monoisotopic (exact) mass is 452 g/mol. The van der Waals surface area contributed by atoms with Gasteiger partial charge in [-0.25, -0.2) is 4.99 Å². The Bertz CT molecular complexity index is 838. The van der Waals surface area contributed by atoms with Gasteiger partial charge in [-0.05, 0) is 57.9 Å². The summed E-state index contributed by atoms with van der Waals surface area (Å²) in [5, 5.41) is 15.0. The van der Waals surface area contributed by atoms with Crippen LogP contribution in [0.1, 0.15) is 49.2 Å². The van der Waals surface area contributed by atoms with Crippen molar-refractivity contribution >= 4 is 21.7 Å². The fourth-order valence-corrected chi connectivity index (χ4v) is 3.47. The average molecular weight is 452 g/mol. The molecule has 0 saturated carbocycles. The molecule has 0 fully saturated rings. The maximum absolute atomic E-state index is 11.5. The van der Waals surface area contributed by atoms with E-state index >= 15 is 0 Å². The number of methoxy groups -OCH3 is 3. The van der Waals surface area contributed by atoms with E-state index in [4.69, 9.17) is 18.7 Å². The van der Waals surface area contributed by atoms with Crippen LogP contribution in [0.2, 0.25) is 0 Å². The molecule has 0 aliphatic heterocycles. The van der Waals surface area contributed by atoms with Crippen molar-refractivity contribution in [3.63, 3.8) is 0 Å². The van der Waals surface area contributed by atoms with Crippen molar-refractivity contribution in [3.8, 4) is 11.9 Å². The fourth-order valence-electron chi connectivity index (χ4n) is 3.14. The number of aryl methyl sites for hydroxylation is 1. The van der Waals surface area contributed by atoms with Crippen LogP contribution in [-0.2, 0) is 19.6 Å². The van der Waals surface area contributed by atoms with E-state index < -0.39 is 17.4 Å². The van der Waals surface area contributed by atoms with E-state index in [0.717, 1.165) is 17.4 Å². The number of benzene rings is 1. The lowest BCUT2D eigenvalue weighted by Crippen LogP contribution is -2.52. The van der Waals surface area contributed by atoms with Gasteiger partial charge in [-0.1, -0.05) is 0 Å². The number of carbonyl (C=O) groups is 1. The predicted octanol–water partition coefficient (Wildman–Crippen LogP) is 2.64. The summed E-state index contributed by atoms with van der Waals surface area (Å²) in [4.78, 5) is 16.1. The molecule has 172 valence electrons. The van der Waals surface area contributed by atoms with E-state index in [0.29, 0.717) is 11.3 Å². The van der Waals surface area contributed by atoms with Crippen molar-refractivity contribution in [2.75, 3.05) is 21.3 Å². The van der Waals surface area contributed by atoms with E-state index in [2.05, 4.69) is 25.1 Å². The molecular formula is C21H33N4O5P. The van der Waals surface area contributed by atoms with E-state index in [1.54, 1.807) is 19.1 Å². The van der Waals surface area contributed by atoms with Crippen molar-refractivity contribution < 1.29 is 23.5 Å². The van der Waals surface area contributed by atoms with Crippen molar-refractivity contribution in [1.29, 1.82) is 5.26 Å². The predicted molar refractivity (Wildman–Crippen MR) is 122 cm³/mol. The van der Waals surface area contributed by atoms with Crippen molar-refractivity contribution in [2.24, 2.45) is 4.99 Å². The Kier molecular flexibility index (Phi) is 9.85. The second-order valence-corrected chi connectivity index (χ2v) is 7.67. The van der Waals surface area contributed by atoms with Crippen LogP contribution in [0, 0.1) is 18.4 Å². The number of nitrogens with one attached hydrogen (secondary N) is 2. The van der Waals surface area contributed by atoms with Crippen LogP contribution in [0.25, 0.3) is 0 Å². The number of carbonyl (C=O) groups excluding carboxylic acids is 1. The Morgan fingerprint density at radius 3 is 2.32 bits per heavy atom. The first-order valence-corrected chi connectivity index (χ1v) is 10.2. The van der Waals surface area contributed by atoms with Gasteiger partial charge < -0.3 is 24.1 Å². The van der Waals surface area contributed by atoms with E-state index in [1.165, 1.54) is 21.3 Å². The van der Waals surface area contributed by atoms with E-state index in [9.17, 15) is 10.1 Å². The Labute approximate surface area is 186 Å². The number of aldehydes is 1. The minimum Gasteiger partial charge on any atom is -0.496 e. The lowest BCUT2D eigenvalue weighted by molar-refractivity contribution is -0.203. The van der Waals surface area contributed by atoms with Gasteiger partial charge in [-0.3, -0.25) is 10.1 Å². The maximum Gasteiger partial charge on any atom is 0.205 e. The van der Waals surface area contributed by atoms with Crippen molar-refractivity contribution in [3.05, 3.63) is 28.8 Å². The van der Waals surface area contributed by atoms with Crippen molar-refractivity contribution in [1.82, 2.24) is 10.6 Å². The molecule has 0 radical (unpaired) electrons.